The Morgan fingerprint density at radius 3 is 2.27 bits per heavy atom. The number of nitrogens with one attached hydrogen (secondary N) is 2. The van der Waals surface area contributed by atoms with Crippen molar-refractivity contribution in [3.05, 3.63) is 70.8 Å². The number of hydrogen-bond acceptors (Lipinski definition) is 3. The van der Waals surface area contributed by atoms with Gasteiger partial charge in [0, 0.05) is 19.6 Å². The van der Waals surface area contributed by atoms with Crippen LogP contribution in [0.25, 0.3) is 0 Å². The number of hydrogen-bond donors (Lipinski definition) is 3. The van der Waals surface area contributed by atoms with Crippen molar-refractivity contribution in [2.45, 2.75) is 52.4 Å². The number of guanidine groups is 1. The van der Waals surface area contributed by atoms with Crippen molar-refractivity contribution in [2.75, 3.05) is 19.6 Å². The van der Waals surface area contributed by atoms with Crippen molar-refractivity contribution in [3.63, 3.8) is 0 Å². The first-order valence-electron chi connectivity index (χ1n) is 10.8. The van der Waals surface area contributed by atoms with E-state index >= 15 is 0 Å². The molecule has 0 spiro atoms. The van der Waals surface area contributed by atoms with Gasteiger partial charge in [0.1, 0.15) is 0 Å². The van der Waals surface area contributed by atoms with Gasteiger partial charge in [0.2, 0.25) is 0 Å². The third-order valence-electron chi connectivity index (χ3n) is 5.38. The first kappa shape index (κ1) is 24.6. The SMILES string of the molecule is CCNC(=NCc1ccc(CN2CCCCC2)cc1)NCc1ccccc1CO.I. The quantitative estimate of drug-likeness (QED) is 0.278. The molecule has 0 radical (unpaired) electrons. The summed E-state index contributed by atoms with van der Waals surface area (Å²) < 4.78 is 0. The average molecular weight is 522 g/mol. The van der Waals surface area contributed by atoms with Gasteiger partial charge in [-0.1, -0.05) is 55.0 Å². The normalized spacial score (nSPS) is 14.8. The summed E-state index contributed by atoms with van der Waals surface area (Å²) in [6.07, 6.45) is 4.03. The van der Waals surface area contributed by atoms with Crippen molar-refractivity contribution in [2.24, 2.45) is 4.99 Å². The molecule has 1 fully saturated rings. The first-order chi connectivity index (χ1) is 14.3. The second kappa shape index (κ2) is 13.6. The molecule has 0 saturated carbocycles. The van der Waals surface area contributed by atoms with Crippen molar-refractivity contribution in [1.82, 2.24) is 15.5 Å². The van der Waals surface area contributed by atoms with Crippen LogP contribution in [-0.4, -0.2) is 35.6 Å². The Morgan fingerprint density at radius 2 is 1.60 bits per heavy atom. The summed E-state index contributed by atoms with van der Waals surface area (Å²) in [5.41, 5.74) is 4.62. The molecule has 5 nitrogen and oxygen atoms in total. The van der Waals surface area contributed by atoms with Crippen LogP contribution in [-0.2, 0) is 26.2 Å². The summed E-state index contributed by atoms with van der Waals surface area (Å²) in [6, 6.07) is 16.8. The van der Waals surface area contributed by atoms with Gasteiger partial charge in [0.25, 0.3) is 0 Å². The zero-order chi connectivity index (χ0) is 20.3. The Labute approximate surface area is 198 Å². The number of aliphatic imine (C=N–C) groups is 1. The number of rotatable bonds is 8. The summed E-state index contributed by atoms with van der Waals surface area (Å²) in [6.45, 7) is 7.70. The molecular formula is C24H35IN4O. The topological polar surface area (TPSA) is 59.9 Å². The lowest BCUT2D eigenvalue weighted by Gasteiger charge is -2.26. The molecule has 0 aliphatic carbocycles. The van der Waals surface area contributed by atoms with Gasteiger partial charge < -0.3 is 15.7 Å². The van der Waals surface area contributed by atoms with Gasteiger partial charge >= 0.3 is 0 Å². The standard InChI is InChI=1S/C24H34N4O.HI/c1-2-25-24(27-17-22-8-4-5-9-23(22)19-29)26-16-20-10-12-21(13-11-20)18-28-14-6-3-7-15-28;/h4-5,8-13,29H,2-3,6-7,14-19H2,1H3,(H2,25,26,27);1H. The second-order valence-electron chi connectivity index (χ2n) is 7.63. The molecule has 1 aliphatic rings. The number of halogens is 1. The monoisotopic (exact) mass is 522 g/mol. The van der Waals surface area contributed by atoms with E-state index in [1.807, 2.05) is 24.3 Å². The summed E-state index contributed by atoms with van der Waals surface area (Å²) in [5.74, 6) is 0.789. The highest BCUT2D eigenvalue weighted by atomic mass is 127. The maximum Gasteiger partial charge on any atom is 0.191 e. The average Bonchev–Trinajstić information content (AvgIpc) is 2.77. The zero-order valence-corrected chi connectivity index (χ0v) is 20.3. The number of benzene rings is 2. The Bertz CT molecular complexity index is 773. The molecule has 0 amide bonds. The lowest BCUT2D eigenvalue weighted by Crippen LogP contribution is -2.37. The molecule has 1 aliphatic heterocycles. The summed E-state index contributed by atoms with van der Waals surface area (Å²) in [5, 5.41) is 16.2. The molecule has 0 aromatic heterocycles. The third kappa shape index (κ3) is 7.89. The molecule has 30 heavy (non-hydrogen) atoms. The van der Waals surface area contributed by atoms with E-state index in [9.17, 15) is 5.11 Å². The number of nitrogens with zero attached hydrogens (tertiary/aromatic N) is 2. The van der Waals surface area contributed by atoms with E-state index in [4.69, 9.17) is 4.99 Å². The Kier molecular flexibility index (Phi) is 11.2. The van der Waals surface area contributed by atoms with Crippen LogP contribution in [0, 0.1) is 0 Å². The van der Waals surface area contributed by atoms with E-state index in [1.54, 1.807) is 0 Å². The van der Waals surface area contributed by atoms with Gasteiger partial charge in [0.15, 0.2) is 5.96 Å². The maximum absolute atomic E-state index is 9.49. The Hall–Kier alpha value is -1.64. The Morgan fingerprint density at radius 1 is 0.933 bits per heavy atom. The molecule has 3 N–H and O–H groups in total. The van der Waals surface area contributed by atoms with Gasteiger partial charge in [-0.25, -0.2) is 4.99 Å². The number of likely N-dealkylation sites (tertiary alicyclic amines) is 1. The van der Waals surface area contributed by atoms with Gasteiger partial charge in [-0.15, -0.1) is 24.0 Å². The van der Waals surface area contributed by atoms with Crippen LogP contribution in [0.15, 0.2) is 53.5 Å². The van der Waals surface area contributed by atoms with Gasteiger partial charge in [-0.3, -0.25) is 4.90 Å². The van der Waals surface area contributed by atoms with Crippen LogP contribution in [0.5, 0.6) is 0 Å². The van der Waals surface area contributed by atoms with E-state index in [1.165, 1.54) is 43.5 Å². The highest BCUT2D eigenvalue weighted by molar-refractivity contribution is 14.0. The molecule has 0 unspecified atom stereocenters. The fraction of sp³-hybridized carbons (Fsp3) is 0.458. The molecule has 1 saturated heterocycles. The minimum Gasteiger partial charge on any atom is -0.392 e. The number of aliphatic hydroxyl groups is 1. The van der Waals surface area contributed by atoms with Crippen molar-refractivity contribution >= 4 is 29.9 Å². The minimum atomic E-state index is 0. The summed E-state index contributed by atoms with van der Waals surface area (Å²) in [4.78, 5) is 7.27. The predicted molar refractivity (Wildman–Crippen MR) is 135 cm³/mol. The van der Waals surface area contributed by atoms with Crippen molar-refractivity contribution in [1.29, 1.82) is 0 Å². The van der Waals surface area contributed by atoms with Crippen LogP contribution in [0.4, 0.5) is 0 Å². The molecule has 164 valence electrons. The first-order valence-corrected chi connectivity index (χ1v) is 10.8. The second-order valence-corrected chi connectivity index (χ2v) is 7.63. The van der Waals surface area contributed by atoms with E-state index in [-0.39, 0.29) is 30.6 Å². The van der Waals surface area contributed by atoms with E-state index in [0.29, 0.717) is 13.1 Å². The van der Waals surface area contributed by atoms with Crippen molar-refractivity contribution in [3.8, 4) is 0 Å². The predicted octanol–water partition coefficient (Wildman–Crippen LogP) is 4.04. The van der Waals surface area contributed by atoms with Crippen LogP contribution in [0.1, 0.15) is 48.4 Å². The summed E-state index contributed by atoms with van der Waals surface area (Å²) >= 11 is 0. The highest BCUT2D eigenvalue weighted by Crippen LogP contribution is 2.14. The van der Waals surface area contributed by atoms with E-state index < -0.39 is 0 Å². The Balaban J connectivity index is 0.00000320. The lowest BCUT2D eigenvalue weighted by atomic mass is 10.1. The molecule has 6 heteroatoms. The molecular weight excluding hydrogens is 487 g/mol. The lowest BCUT2D eigenvalue weighted by molar-refractivity contribution is 0.221. The summed E-state index contributed by atoms with van der Waals surface area (Å²) in [7, 11) is 0. The van der Waals surface area contributed by atoms with Gasteiger partial charge in [0.05, 0.1) is 13.2 Å². The van der Waals surface area contributed by atoms with E-state index in [2.05, 4.69) is 46.7 Å². The number of aliphatic hydroxyl groups excluding tert-OH is 1. The van der Waals surface area contributed by atoms with Crippen LogP contribution < -0.4 is 10.6 Å². The van der Waals surface area contributed by atoms with E-state index in [0.717, 1.165) is 30.2 Å². The molecule has 2 aromatic carbocycles. The fourth-order valence-electron chi connectivity index (χ4n) is 3.70. The smallest absolute Gasteiger partial charge is 0.191 e. The largest absolute Gasteiger partial charge is 0.392 e. The molecule has 1 heterocycles. The highest BCUT2D eigenvalue weighted by Gasteiger charge is 2.10. The number of piperidine rings is 1. The van der Waals surface area contributed by atoms with Crippen LogP contribution in [0.2, 0.25) is 0 Å². The van der Waals surface area contributed by atoms with Crippen molar-refractivity contribution < 1.29 is 5.11 Å². The molecule has 2 aromatic rings. The van der Waals surface area contributed by atoms with Crippen LogP contribution in [0.3, 0.4) is 0 Å². The van der Waals surface area contributed by atoms with Gasteiger partial charge in [-0.05, 0) is 55.1 Å². The van der Waals surface area contributed by atoms with Gasteiger partial charge in [-0.2, -0.15) is 0 Å². The molecule has 0 bridgehead atoms. The molecule has 0 atom stereocenters. The fourth-order valence-corrected chi connectivity index (χ4v) is 3.70. The maximum atomic E-state index is 9.49. The molecule has 3 rings (SSSR count). The third-order valence-corrected chi connectivity index (χ3v) is 5.38. The zero-order valence-electron chi connectivity index (χ0n) is 17.9. The minimum absolute atomic E-state index is 0. The van der Waals surface area contributed by atoms with Crippen LogP contribution >= 0.6 is 24.0 Å².